The lowest BCUT2D eigenvalue weighted by molar-refractivity contribution is -0.141. The van der Waals surface area contributed by atoms with Crippen LogP contribution in [0.15, 0.2) is 30.6 Å². The van der Waals surface area contributed by atoms with Crippen LogP contribution in [0.5, 0.6) is 0 Å². The minimum absolute atomic E-state index is 0.00210. The first-order valence-corrected chi connectivity index (χ1v) is 6.14. The van der Waals surface area contributed by atoms with Gasteiger partial charge in [0.1, 0.15) is 5.82 Å². The quantitative estimate of drug-likeness (QED) is 0.906. The maximum Gasteiger partial charge on any atom is 0.433 e. The van der Waals surface area contributed by atoms with Crippen molar-refractivity contribution in [1.82, 2.24) is 15.0 Å². The molecule has 0 saturated heterocycles. The van der Waals surface area contributed by atoms with Crippen molar-refractivity contribution in [3.63, 3.8) is 0 Å². The number of aliphatic hydroxyl groups is 1. The summed E-state index contributed by atoms with van der Waals surface area (Å²) in [4.78, 5) is 11.4. The van der Waals surface area contributed by atoms with Gasteiger partial charge in [-0.25, -0.2) is 9.97 Å². The van der Waals surface area contributed by atoms with E-state index in [2.05, 4.69) is 20.3 Å². The molecular weight excluding hydrogens is 285 g/mol. The van der Waals surface area contributed by atoms with Crippen molar-refractivity contribution in [3.8, 4) is 11.4 Å². The van der Waals surface area contributed by atoms with Crippen LogP contribution >= 0.6 is 0 Å². The van der Waals surface area contributed by atoms with Gasteiger partial charge in [0.05, 0.1) is 6.61 Å². The van der Waals surface area contributed by atoms with Crippen molar-refractivity contribution in [1.29, 1.82) is 0 Å². The molecule has 5 nitrogen and oxygen atoms in total. The van der Waals surface area contributed by atoms with Crippen molar-refractivity contribution < 1.29 is 18.3 Å². The Morgan fingerprint density at radius 3 is 2.67 bits per heavy atom. The molecule has 0 spiro atoms. The standard InChI is InChI=1S/C13H13F3N4O/c1-8(7-21)18-11-5-10(13(14,15)16)19-12(20-11)9-3-2-4-17-6-9/h2-6,8,21H,7H2,1H3,(H,18,19,20)/t8-/m1/s1. The molecule has 2 aromatic rings. The SMILES string of the molecule is C[C@H](CO)Nc1cc(C(F)(F)F)nc(-c2cccnc2)n1. The smallest absolute Gasteiger partial charge is 0.394 e. The maximum absolute atomic E-state index is 12.9. The van der Waals surface area contributed by atoms with Crippen LogP contribution in [-0.4, -0.2) is 32.7 Å². The summed E-state index contributed by atoms with van der Waals surface area (Å²) >= 11 is 0. The summed E-state index contributed by atoms with van der Waals surface area (Å²) in [7, 11) is 0. The largest absolute Gasteiger partial charge is 0.433 e. The molecule has 0 aromatic carbocycles. The summed E-state index contributed by atoms with van der Waals surface area (Å²) in [6.45, 7) is 1.40. The summed E-state index contributed by atoms with van der Waals surface area (Å²) in [5, 5.41) is 11.7. The van der Waals surface area contributed by atoms with E-state index in [1.807, 2.05) is 0 Å². The minimum Gasteiger partial charge on any atom is -0.394 e. The first-order chi connectivity index (χ1) is 9.90. The van der Waals surface area contributed by atoms with E-state index in [-0.39, 0.29) is 18.2 Å². The van der Waals surface area contributed by atoms with Crippen LogP contribution in [0.25, 0.3) is 11.4 Å². The van der Waals surface area contributed by atoms with Gasteiger partial charge >= 0.3 is 6.18 Å². The molecule has 0 fully saturated rings. The molecule has 0 amide bonds. The second-order valence-electron chi connectivity index (χ2n) is 4.43. The van der Waals surface area contributed by atoms with E-state index in [1.54, 1.807) is 19.1 Å². The summed E-state index contributed by atoms with van der Waals surface area (Å²) in [5.74, 6) is -0.0803. The lowest BCUT2D eigenvalue weighted by atomic mass is 10.2. The lowest BCUT2D eigenvalue weighted by Crippen LogP contribution is -2.21. The molecule has 2 rings (SSSR count). The number of anilines is 1. The van der Waals surface area contributed by atoms with Crippen LogP contribution in [0.3, 0.4) is 0 Å². The van der Waals surface area contributed by atoms with Gasteiger partial charge in [-0.1, -0.05) is 0 Å². The summed E-state index contributed by atoms with van der Waals surface area (Å²) in [6.07, 6.45) is -1.70. The molecule has 8 heteroatoms. The van der Waals surface area contributed by atoms with Gasteiger partial charge in [-0.05, 0) is 19.1 Å². The Labute approximate surface area is 118 Å². The molecule has 0 saturated carbocycles. The second-order valence-corrected chi connectivity index (χ2v) is 4.43. The van der Waals surface area contributed by atoms with E-state index in [1.165, 1.54) is 12.4 Å². The van der Waals surface area contributed by atoms with E-state index in [9.17, 15) is 13.2 Å². The fourth-order valence-corrected chi connectivity index (χ4v) is 1.59. The fourth-order valence-electron chi connectivity index (χ4n) is 1.59. The van der Waals surface area contributed by atoms with Gasteiger partial charge in [-0.2, -0.15) is 13.2 Å². The van der Waals surface area contributed by atoms with Crippen LogP contribution in [0, 0.1) is 0 Å². The fraction of sp³-hybridized carbons (Fsp3) is 0.308. The summed E-state index contributed by atoms with van der Waals surface area (Å²) in [6, 6.07) is 3.54. The van der Waals surface area contributed by atoms with Gasteiger partial charge in [0.15, 0.2) is 11.5 Å². The number of aliphatic hydroxyl groups excluding tert-OH is 1. The number of halogens is 3. The summed E-state index contributed by atoms with van der Waals surface area (Å²) < 4.78 is 38.7. The van der Waals surface area contributed by atoms with Gasteiger partial charge in [-0.3, -0.25) is 4.98 Å². The monoisotopic (exact) mass is 298 g/mol. The molecule has 1 atom stereocenters. The Morgan fingerprint density at radius 2 is 2.10 bits per heavy atom. The predicted molar refractivity (Wildman–Crippen MR) is 70.4 cm³/mol. The number of alkyl halides is 3. The lowest BCUT2D eigenvalue weighted by Gasteiger charge is -2.14. The normalized spacial score (nSPS) is 13.0. The highest BCUT2D eigenvalue weighted by atomic mass is 19.4. The van der Waals surface area contributed by atoms with E-state index < -0.39 is 17.9 Å². The molecule has 0 radical (unpaired) electrons. The van der Waals surface area contributed by atoms with Crippen LogP contribution in [-0.2, 0) is 6.18 Å². The molecule has 21 heavy (non-hydrogen) atoms. The molecule has 0 unspecified atom stereocenters. The molecular formula is C13H13F3N4O. The minimum atomic E-state index is -4.58. The highest BCUT2D eigenvalue weighted by molar-refractivity contribution is 5.56. The van der Waals surface area contributed by atoms with E-state index in [0.29, 0.717) is 5.56 Å². The van der Waals surface area contributed by atoms with E-state index in [4.69, 9.17) is 5.11 Å². The van der Waals surface area contributed by atoms with Gasteiger partial charge in [0, 0.05) is 30.1 Å². The Morgan fingerprint density at radius 1 is 1.33 bits per heavy atom. The van der Waals surface area contributed by atoms with Crippen molar-refractivity contribution >= 4 is 5.82 Å². The van der Waals surface area contributed by atoms with E-state index in [0.717, 1.165) is 6.07 Å². The molecule has 2 N–H and O–H groups in total. The second kappa shape index (κ2) is 6.04. The van der Waals surface area contributed by atoms with Crippen molar-refractivity contribution in [2.45, 2.75) is 19.1 Å². The molecule has 2 aromatic heterocycles. The molecule has 112 valence electrons. The molecule has 0 aliphatic rings. The van der Waals surface area contributed by atoms with Crippen molar-refractivity contribution in [2.24, 2.45) is 0 Å². The van der Waals surface area contributed by atoms with Gasteiger partial charge in [-0.15, -0.1) is 0 Å². The zero-order valence-corrected chi connectivity index (χ0v) is 11.1. The third kappa shape index (κ3) is 3.88. The summed E-state index contributed by atoms with van der Waals surface area (Å²) in [5.41, 5.74) is -0.674. The van der Waals surface area contributed by atoms with Gasteiger partial charge in [0.25, 0.3) is 0 Å². The van der Waals surface area contributed by atoms with E-state index >= 15 is 0 Å². The molecule has 0 aliphatic carbocycles. The number of rotatable bonds is 4. The molecule has 0 bridgehead atoms. The maximum atomic E-state index is 12.9. The highest BCUT2D eigenvalue weighted by Crippen LogP contribution is 2.30. The van der Waals surface area contributed by atoms with Crippen molar-refractivity contribution in [2.75, 3.05) is 11.9 Å². The number of aromatic nitrogens is 3. The van der Waals surface area contributed by atoms with Gasteiger partial charge < -0.3 is 10.4 Å². The number of nitrogens with one attached hydrogen (secondary N) is 1. The predicted octanol–water partition coefficient (Wildman–Crippen LogP) is 2.35. The Hall–Kier alpha value is -2.22. The van der Waals surface area contributed by atoms with Crippen LogP contribution in [0.2, 0.25) is 0 Å². The van der Waals surface area contributed by atoms with Crippen LogP contribution in [0.4, 0.5) is 19.0 Å². The zero-order chi connectivity index (χ0) is 15.5. The Kier molecular flexibility index (Phi) is 4.37. The number of hydrogen-bond donors (Lipinski definition) is 2. The Balaban J connectivity index is 2.47. The number of nitrogens with zero attached hydrogens (tertiary/aromatic N) is 3. The molecule has 0 aliphatic heterocycles. The van der Waals surface area contributed by atoms with Crippen molar-refractivity contribution in [3.05, 3.63) is 36.3 Å². The first kappa shape index (κ1) is 15.2. The zero-order valence-electron chi connectivity index (χ0n) is 11.1. The third-order valence-corrected chi connectivity index (χ3v) is 2.60. The van der Waals surface area contributed by atoms with Gasteiger partial charge in [0.2, 0.25) is 0 Å². The highest BCUT2D eigenvalue weighted by Gasteiger charge is 2.34. The average Bonchev–Trinajstić information content (AvgIpc) is 2.47. The first-order valence-electron chi connectivity index (χ1n) is 6.14. The van der Waals surface area contributed by atoms with Crippen LogP contribution < -0.4 is 5.32 Å². The average molecular weight is 298 g/mol. The Bertz CT molecular complexity index is 604. The number of pyridine rings is 1. The number of hydrogen-bond acceptors (Lipinski definition) is 5. The van der Waals surface area contributed by atoms with Crippen LogP contribution in [0.1, 0.15) is 12.6 Å². The topological polar surface area (TPSA) is 70.9 Å². The third-order valence-electron chi connectivity index (χ3n) is 2.60. The molecule has 2 heterocycles.